The minimum atomic E-state index is -1.88. The molecule has 6 nitrogen and oxygen atoms in total. The van der Waals surface area contributed by atoms with E-state index in [0.29, 0.717) is 17.9 Å². The van der Waals surface area contributed by atoms with Gasteiger partial charge in [0.15, 0.2) is 0 Å². The van der Waals surface area contributed by atoms with Crippen LogP contribution in [0.2, 0.25) is 0 Å². The average molecular weight is 490 g/mol. The first kappa shape index (κ1) is 26.8. The third-order valence-electron chi connectivity index (χ3n) is 6.39. The Hall–Kier alpha value is -3.80. The molecule has 1 atom stereocenters. The highest BCUT2D eigenvalue weighted by Crippen LogP contribution is 2.26. The molecule has 0 heterocycles. The number of aliphatic carboxylic acids is 1. The van der Waals surface area contributed by atoms with Crippen molar-refractivity contribution in [1.82, 2.24) is 5.32 Å². The van der Waals surface area contributed by atoms with Crippen molar-refractivity contribution in [1.29, 1.82) is 0 Å². The summed E-state index contributed by atoms with van der Waals surface area (Å²) in [6.07, 6.45) is 4.24. The van der Waals surface area contributed by atoms with Crippen molar-refractivity contribution >= 4 is 11.9 Å². The van der Waals surface area contributed by atoms with Crippen LogP contribution in [-0.4, -0.2) is 29.3 Å². The van der Waals surface area contributed by atoms with E-state index in [2.05, 4.69) is 29.6 Å². The maximum atomic E-state index is 13.2. The van der Waals surface area contributed by atoms with Crippen LogP contribution in [0.25, 0.3) is 0 Å². The summed E-state index contributed by atoms with van der Waals surface area (Å²) in [4.78, 5) is 25.3. The first-order valence-corrected chi connectivity index (χ1v) is 12.4. The molecule has 0 radical (unpaired) electrons. The number of para-hydroxylation sites is 1. The molecule has 6 heteroatoms. The second-order valence-electron chi connectivity index (χ2n) is 8.86. The van der Waals surface area contributed by atoms with Crippen LogP contribution in [0.1, 0.15) is 59.7 Å². The Morgan fingerprint density at radius 2 is 1.53 bits per heavy atom. The highest BCUT2D eigenvalue weighted by atomic mass is 16.5. The van der Waals surface area contributed by atoms with Gasteiger partial charge in [0, 0.05) is 12.0 Å². The van der Waals surface area contributed by atoms with E-state index in [1.54, 1.807) is 49.4 Å². The highest BCUT2D eigenvalue weighted by molar-refractivity contribution is 5.99. The zero-order valence-electron chi connectivity index (χ0n) is 21.3. The number of carboxylic acid groups (broad SMARTS) is 1. The molecule has 0 aliphatic rings. The molecule has 0 bridgehead atoms. The summed E-state index contributed by atoms with van der Waals surface area (Å²) in [5.74, 6) is -0.679. The Balaban J connectivity index is 1.60. The first-order valence-electron chi connectivity index (χ1n) is 12.4. The van der Waals surface area contributed by atoms with E-state index in [0.717, 1.165) is 42.6 Å². The van der Waals surface area contributed by atoms with Crippen molar-refractivity contribution < 1.29 is 24.2 Å². The summed E-state index contributed by atoms with van der Waals surface area (Å²) in [5.41, 5.74) is 1.45. The van der Waals surface area contributed by atoms with E-state index >= 15 is 0 Å². The van der Waals surface area contributed by atoms with Crippen molar-refractivity contribution in [2.45, 2.75) is 58.6 Å². The van der Waals surface area contributed by atoms with Crippen LogP contribution in [0.3, 0.4) is 0 Å². The van der Waals surface area contributed by atoms with Gasteiger partial charge in [-0.2, -0.15) is 0 Å². The molecule has 0 aliphatic carbocycles. The molecule has 3 aromatic carbocycles. The largest absolute Gasteiger partial charge is 0.493 e. The zero-order valence-corrected chi connectivity index (χ0v) is 21.3. The molecule has 0 spiro atoms. The van der Waals surface area contributed by atoms with Crippen molar-refractivity contribution in [3.05, 3.63) is 95.1 Å². The van der Waals surface area contributed by atoms with Crippen LogP contribution in [0.15, 0.2) is 72.8 Å². The van der Waals surface area contributed by atoms with Crippen molar-refractivity contribution in [3.8, 4) is 11.5 Å². The van der Waals surface area contributed by atoms with Gasteiger partial charge < -0.3 is 19.9 Å². The van der Waals surface area contributed by atoms with Gasteiger partial charge in [-0.1, -0.05) is 55.5 Å². The Kier molecular flexibility index (Phi) is 9.51. The third-order valence-corrected chi connectivity index (χ3v) is 6.39. The van der Waals surface area contributed by atoms with Gasteiger partial charge >= 0.3 is 5.97 Å². The van der Waals surface area contributed by atoms with Crippen LogP contribution in [0.4, 0.5) is 0 Å². The number of ether oxygens (including phenoxy) is 2. The summed E-state index contributed by atoms with van der Waals surface area (Å²) in [5, 5.41) is 12.5. The van der Waals surface area contributed by atoms with Gasteiger partial charge in [-0.15, -0.1) is 0 Å². The normalized spacial score (nSPS) is 12.4. The number of carboxylic acids is 1. The Morgan fingerprint density at radius 3 is 2.17 bits per heavy atom. The molecule has 3 aromatic rings. The number of nitrogens with one attached hydrogen (secondary N) is 1. The number of carbonyl (C=O) groups is 2. The van der Waals surface area contributed by atoms with E-state index < -0.39 is 17.6 Å². The predicted octanol–water partition coefficient (Wildman–Crippen LogP) is 6.09. The summed E-state index contributed by atoms with van der Waals surface area (Å²) >= 11 is 0. The van der Waals surface area contributed by atoms with Gasteiger partial charge in [0.1, 0.15) is 11.5 Å². The number of hydrogen-bond acceptors (Lipinski definition) is 4. The highest BCUT2D eigenvalue weighted by Gasteiger charge is 2.41. The molecule has 3 rings (SSSR count). The van der Waals surface area contributed by atoms with Gasteiger partial charge in [0.2, 0.25) is 0 Å². The summed E-state index contributed by atoms with van der Waals surface area (Å²) in [6, 6.07) is 22.5. The second kappa shape index (κ2) is 12.8. The number of aryl methyl sites for hydroxylation is 1. The van der Waals surface area contributed by atoms with Crippen LogP contribution in [0, 0.1) is 13.8 Å². The van der Waals surface area contributed by atoms with E-state index in [-0.39, 0.29) is 6.42 Å². The molecular weight excluding hydrogens is 454 g/mol. The molecule has 0 saturated carbocycles. The lowest BCUT2D eigenvalue weighted by molar-refractivity contribution is -0.158. The zero-order chi connectivity index (χ0) is 26.0. The SMILES string of the molecule is CCC(NC(=O)c1ccc(OCCCCCc2ccccc2)c(C)c1C)(Oc1ccccc1)C(=O)O. The number of carbonyl (C=O) groups excluding carboxylic acids is 1. The van der Waals surface area contributed by atoms with Crippen LogP contribution >= 0.6 is 0 Å². The maximum Gasteiger partial charge on any atom is 0.370 e. The summed E-state index contributed by atoms with van der Waals surface area (Å²) in [6.45, 7) is 6.00. The fourth-order valence-corrected chi connectivity index (χ4v) is 4.01. The standard InChI is InChI=1S/C30H35NO5/c1-4-30(29(33)34,36-25-17-11-6-12-18-25)31-28(32)26-19-20-27(23(3)22(26)2)35-21-13-7-10-16-24-14-8-5-9-15-24/h5-6,8-9,11-12,14-15,17-20H,4,7,10,13,16,21H2,1-3H3,(H,31,32)(H,33,34). The van der Waals surface area contributed by atoms with E-state index in [1.165, 1.54) is 5.56 Å². The van der Waals surface area contributed by atoms with E-state index in [9.17, 15) is 14.7 Å². The number of benzene rings is 3. The second-order valence-corrected chi connectivity index (χ2v) is 8.86. The van der Waals surface area contributed by atoms with Crippen LogP contribution in [-0.2, 0) is 11.2 Å². The molecular formula is C30H35NO5. The molecule has 0 aromatic heterocycles. The Bertz CT molecular complexity index is 1150. The van der Waals surface area contributed by atoms with Gasteiger partial charge in [-0.3, -0.25) is 4.79 Å². The minimum Gasteiger partial charge on any atom is -0.493 e. The maximum absolute atomic E-state index is 13.2. The Morgan fingerprint density at radius 1 is 0.861 bits per heavy atom. The minimum absolute atomic E-state index is 0.0481. The first-order chi connectivity index (χ1) is 17.4. The van der Waals surface area contributed by atoms with E-state index in [1.807, 2.05) is 19.9 Å². The fourth-order valence-electron chi connectivity index (χ4n) is 4.01. The quantitative estimate of drug-likeness (QED) is 0.224. The molecule has 0 saturated heterocycles. The smallest absolute Gasteiger partial charge is 0.370 e. The lowest BCUT2D eigenvalue weighted by Gasteiger charge is -2.30. The van der Waals surface area contributed by atoms with Crippen molar-refractivity contribution in [3.63, 3.8) is 0 Å². The average Bonchev–Trinajstić information content (AvgIpc) is 2.89. The van der Waals surface area contributed by atoms with Crippen LogP contribution < -0.4 is 14.8 Å². The van der Waals surface area contributed by atoms with Crippen LogP contribution in [0.5, 0.6) is 11.5 Å². The monoisotopic (exact) mass is 489 g/mol. The van der Waals surface area contributed by atoms with Crippen molar-refractivity contribution in [2.75, 3.05) is 6.61 Å². The van der Waals surface area contributed by atoms with Gasteiger partial charge in [0.05, 0.1) is 6.61 Å². The molecule has 1 amide bonds. The summed E-state index contributed by atoms with van der Waals surface area (Å²) < 4.78 is 11.7. The predicted molar refractivity (Wildman–Crippen MR) is 141 cm³/mol. The number of amides is 1. The molecule has 36 heavy (non-hydrogen) atoms. The lowest BCUT2D eigenvalue weighted by atomic mass is 10.0. The summed E-state index contributed by atoms with van der Waals surface area (Å²) in [7, 11) is 0. The lowest BCUT2D eigenvalue weighted by Crippen LogP contribution is -2.58. The third kappa shape index (κ3) is 6.87. The number of unbranched alkanes of at least 4 members (excludes halogenated alkanes) is 2. The molecule has 0 aliphatic heterocycles. The molecule has 0 fully saturated rings. The van der Waals surface area contributed by atoms with E-state index in [4.69, 9.17) is 9.47 Å². The Labute approximate surface area is 213 Å². The number of rotatable bonds is 13. The van der Waals surface area contributed by atoms with Gasteiger partial charge in [0.25, 0.3) is 11.6 Å². The fraction of sp³-hybridized carbons (Fsp3) is 0.333. The molecule has 190 valence electrons. The van der Waals surface area contributed by atoms with Gasteiger partial charge in [-0.05, 0) is 80.5 Å². The number of hydrogen-bond donors (Lipinski definition) is 2. The molecule has 2 N–H and O–H groups in total. The topological polar surface area (TPSA) is 84.9 Å². The van der Waals surface area contributed by atoms with Crippen molar-refractivity contribution in [2.24, 2.45) is 0 Å². The molecule has 1 unspecified atom stereocenters. The van der Waals surface area contributed by atoms with Gasteiger partial charge in [-0.25, -0.2) is 4.79 Å².